The first-order chi connectivity index (χ1) is 12.2. The Morgan fingerprint density at radius 2 is 1.92 bits per heavy atom. The molecule has 0 spiro atoms. The Morgan fingerprint density at radius 1 is 1.19 bits per heavy atom. The van der Waals surface area contributed by atoms with Gasteiger partial charge in [0, 0.05) is 28.4 Å². The van der Waals surface area contributed by atoms with Crippen LogP contribution in [0.3, 0.4) is 0 Å². The van der Waals surface area contributed by atoms with Gasteiger partial charge >= 0.3 is 5.97 Å². The summed E-state index contributed by atoms with van der Waals surface area (Å²) in [5.74, 6) is -0.456. The summed E-state index contributed by atoms with van der Waals surface area (Å²) in [5, 5.41) is 11.9. The minimum atomic E-state index is -0.597. The SMILES string of the molecule is CC(C)(C)OC(=O)c1ccc(-c2cc3cccc([N+](=O)[O-])c3[nH]2)c(N)c1. The number of esters is 1. The predicted molar refractivity (Wildman–Crippen MR) is 100.0 cm³/mol. The third kappa shape index (κ3) is 3.37. The number of nitrogens with two attached hydrogens (primary N) is 1. The lowest BCUT2D eigenvalue weighted by atomic mass is 10.1. The van der Waals surface area contributed by atoms with E-state index in [0.29, 0.717) is 33.4 Å². The van der Waals surface area contributed by atoms with E-state index in [2.05, 4.69) is 4.98 Å². The summed E-state index contributed by atoms with van der Waals surface area (Å²) >= 11 is 0. The van der Waals surface area contributed by atoms with Crippen LogP contribution in [0.2, 0.25) is 0 Å². The van der Waals surface area contributed by atoms with Gasteiger partial charge in [-0.1, -0.05) is 12.1 Å². The van der Waals surface area contributed by atoms with Crippen LogP contribution >= 0.6 is 0 Å². The van der Waals surface area contributed by atoms with Crippen molar-refractivity contribution >= 4 is 28.2 Å². The molecule has 7 nitrogen and oxygen atoms in total. The molecule has 134 valence electrons. The minimum absolute atomic E-state index is 0.00213. The molecule has 0 amide bonds. The number of nitrogens with zero attached hydrogens (tertiary/aromatic N) is 1. The average Bonchev–Trinajstić information content (AvgIpc) is 2.96. The highest BCUT2D eigenvalue weighted by Gasteiger charge is 2.20. The molecule has 0 atom stereocenters. The van der Waals surface area contributed by atoms with Crippen LogP contribution in [0.15, 0.2) is 42.5 Å². The molecule has 3 N–H and O–H groups in total. The smallest absolute Gasteiger partial charge is 0.338 e. The molecule has 3 rings (SSSR count). The van der Waals surface area contributed by atoms with E-state index in [9.17, 15) is 14.9 Å². The van der Waals surface area contributed by atoms with E-state index in [-0.39, 0.29) is 5.69 Å². The number of hydrogen-bond acceptors (Lipinski definition) is 5. The number of ether oxygens (including phenoxy) is 1. The Hall–Kier alpha value is -3.35. The number of benzene rings is 2. The first kappa shape index (κ1) is 17.5. The zero-order chi connectivity index (χ0) is 19.1. The van der Waals surface area contributed by atoms with Crippen LogP contribution in [-0.2, 0) is 4.74 Å². The quantitative estimate of drug-likeness (QED) is 0.316. The van der Waals surface area contributed by atoms with Crippen LogP contribution in [0.4, 0.5) is 11.4 Å². The van der Waals surface area contributed by atoms with Gasteiger partial charge in [-0.25, -0.2) is 4.79 Å². The van der Waals surface area contributed by atoms with Gasteiger partial charge < -0.3 is 15.5 Å². The van der Waals surface area contributed by atoms with Gasteiger partial charge in [0.1, 0.15) is 11.1 Å². The summed E-state index contributed by atoms with van der Waals surface area (Å²) in [7, 11) is 0. The number of nitrogens with one attached hydrogen (secondary N) is 1. The van der Waals surface area contributed by atoms with Crippen molar-refractivity contribution in [3.8, 4) is 11.3 Å². The fourth-order valence-electron chi connectivity index (χ4n) is 2.71. The van der Waals surface area contributed by atoms with Crippen LogP contribution in [0, 0.1) is 10.1 Å². The largest absolute Gasteiger partial charge is 0.456 e. The topological polar surface area (TPSA) is 111 Å². The number of carbonyl (C=O) groups is 1. The molecular formula is C19H19N3O4. The molecule has 0 aliphatic rings. The van der Waals surface area contributed by atoms with Crippen molar-refractivity contribution in [2.45, 2.75) is 26.4 Å². The van der Waals surface area contributed by atoms with Crippen molar-refractivity contribution in [1.29, 1.82) is 0 Å². The Bertz CT molecular complexity index is 1020. The Balaban J connectivity index is 2.00. The molecule has 0 fully saturated rings. The van der Waals surface area contributed by atoms with Crippen molar-refractivity contribution in [1.82, 2.24) is 4.98 Å². The number of para-hydroxylation sites is 1. The lowest BCUT2D eigenvalue weighted by Crippen LogP contribution is -2.23. The number of aromatic amines is 1. The second-order valence-corrected chi connectivity index (χ2v) is 6.99. The maximum Gasteiger partial charge on any atom is 0.338 e. The molecule has 7 heteroatoms. The first-order valence-corrected chi connectivity index (χ1v) is 8.05. The van der Waals surface area contributed by atoms with Gasteiger partial charge in [0.25, 0.3) is 5.69 Å². The Morgan fingerprint density at radius 3 is 2.54 bits per heavy atom. The predicted octanol–water partition coefficient (Wildman–Crippen LogP) is 4.28. The van der Waals surface area contributed by atoms with Crippen LogP contribution in [0.1, 0.15) is 31.1 Å². The van der Waals surface area contributed by atoms with Gasteiger partial charge in [-0.3, -0.25) is 10.1 Å². The number of carbonyl (C=O) groups excluding carboxylic acids is 1. The molecule has 0 radical (unpaired) electrons. The molecule has 0 saturated carbocycles. The van der Waals surface area contributed by atoms with Crippen molar-refractivity contribution in [2.24, 2.45) is 0 Å². The first-order valence-electron chi connectivity index (χ1n) is 8.05. The lowest BCUT2D eigenvalue weighted by molar-refractivity contribution is -0.383. The monoisotopic (exact) mass is 353 g/mol. The van der Waals surface area contributed by atoms with E-state index in [1.54, 1.807) is 57.2 Å². The second-order valence-electron chi connectivity index (χ2n) is 6.99. The number of nitro benzene ring substituents is 1. The number of anilines is 1. The highest BCUT2D eigenvalue weighted by atomic mass is 16.6. The molecule has 0 saturated heterocycles. The van der Waals surface area contributed by atoms with Gasteiger partial charge in [0.05, 0.1) is 10.5 Å². The number of nitrogen functional groups attached to an aromatic ring is 1. The van der Waals surface area contributed by atoms with Crippen LogP contribution in [0.5, 0.6) is 0 Å². The maximum absolute atomic E-state index is 12.2. The Kier molecular flexibility index (Phi) is 4.15. The molecule has 26 heavy (non-hydrogen) atoms. The fourth-order valence-corrected chi connectivity index (χ4v) is 2.71. The van der Waals surface area contributed by atoms with Gasteiger partial charge in [-0.15, -0.1) is 0 Å². The number of H-pyrrole nitrogens is 1. The highest BCUT2D eigenvalue weighted by Crippen LogP contribution is 2.33. The zero-order valence-corrected chi connectivity index (χ0v) is 14.7. The standard InChI is InChI=1S/C19H19N3O4/c1-19(2,3)26-18(23)12-7-8-13(14(20)9-12)15-10-11-5-4-6-16(22(24)25)17(11)21-15/h4-10,21H,20H2,1-3H3. The van der Waals surface area contributed by atoms with E-state index in [4.69, 9.17) is 10.5 Å². The number of fused-ring (bicyclic) bond motifs is 1. The molecule has 0 aliphatic carbocycles. The van der Waals surface area contributed by atoms with Gasteiger partial charge in [-0.05, 0) is 45.0 Å². The maximum atomic E-state index is 12.2. The van der Waals surface area contributed by atoms with Gasteiger partial charge in [-0.2, -0.15) is 0 Å². The summed E-state index contributed by atoms with van der Waals surface area (Å²) in [6, 6.07) is 11.5. The number of nitro groups is 1. The molecule has 1 aromatic heterocycles. The summed E-state index contributed by atoms with van der Waals surface area (Å²) < 4.78 is 5.34. The van der Waals surface area contributed by atoms with Crippen molar-refractivity contribution in [3.63, 3.8) is 0 Å². The van der Waals surface area contributed by atoms with Gasteiger partial charge in [0.15, 0.2) is 0 Å². The summed E-state index contributed by atoms with van der Waals surface area (Å²) in [5.41, 5.74) is 7.97. The van der Waals surface area contributed by atoms with Crippen molar-refractivity contribution in [2.75, 3.05) is 5.73 Å². The Labute approximate surface area is 149 Å². The third-order valence-corrected chi connectivity index (χ3v) is 3.81. The molecule has 3 aromatic rings. The summed E-state index contributed by atoms with van der Waals surface area (Å²) in [6.07, 6.45) is 0. The van der Waals surface area contributed by atoms with Crippen LogP contribution in [-0.4, -0.2) is 21.5 Å². The normalized spacial score (nSPS) is 11.5. The van der Waals surface area contributed by atoms with Gasteiger partial charge in [0.2, 0.25) is 0 Å². The molecule has 1 heterocycles. The number of rotatable bonds is 3. The second kappa shape index (κ2) is 6.18. The summed E-state index contributed by atoms with van der Waals surface area (Å²) in [6.45, 7) is 5.38. The number of hydrogen-bond donors (Lipinski definition) is 2. The fraction of sp³-hybridized carbons (Fsp3) is 0.211. The number of aromatic nitrogens is 1. The van der Waals surface area contributed by atoms with E-state index in [1.165, 1.54) is 6.07 Å². The van der Waals surface area contributed by atoms with E-state index in [0.717, 1.165) is 0 Å². The molecule has 0 aliphatic heterocycles. The average molecular weight is 353 g/mol. The summed E-state index contributed by atoms with van der Waals surface area (Å²) in [4.78, 5) is 25.9. The van der Waals surface area contributed by atoms with E-state index in [1.807, 2.05) is 0 Å². The minimum Gasteiger partial charge on any atom is -0.456 e. The van der Waals surface area contributed by atoms with Crippen LogP contribution in [0.25, 0.3) is 22.2 Å². The number of non-ortho nitro benzene ring substituents is 1. The molecule has 2 aromatic carbocycles. The molecular weight excluding hydrogens is 334 g/mol. The molecule has 0 bridgehead atoms. The van der Waals surface area contributed by atoms with E-state index >= 15 is 0 Å². The van der Waals surface area contributed by atoms with Crippen molar-refractivity contribution in [3.05, 3.63) is 58.1 Å². The highest BCUT2D eigenvalue weighted by molar-refractivity contribution is 5.96. The van der Waals surface area contributed by atoms with Crippen LogP contribution < -0.4 is 5.73 Å². The third-order valence-electron chi connectivity index (χ3n) is 3.81. The zero-order valence-electron chi connectivity index (χ0n) is 14.7. The van der Waals surface area contributed by atoms with Crippen molar-refractivity contribution < 1.29 is 14.5 Å². The molecule has 0 unspecified atom stereocenters. The van der Waals surface area contributed by atoms with E-state index < -0.39 is 16.5 Å². The lowest BCUT2D eigenvalue weighted by Gasteiger charge is -2.19.